The molecule has 0 radical (unpaired) electrons. The quantitative estimate of drug-likeness (QED) is 0.294. The highest BCUT2D eigenvalue weighted by molar-refractivity contribution is 6.34. The van der Waals surface area contributed by atoms with E-state index in [1.165, 1.54) is 11.1 Å². The molecule has 4 rings (SSSR count). The van der Waals surface area contributed by atoms with Gasteiger partial charge in [0.15, 0.2) is 0 Å². The maximum absolute atomic E-state index is 6.70. The Kier molecular flexibility index (Phi) is 9.59. The summed E-state index contributed by atoms with van der Waals surface area (Å²) >= 11 is 6.70. The first-order valence-corrected chi connectivity index (χ1v) is 14.3. The standard InChI is InChI=1S/C31H42ClN7/c1-8-37-11-13-38(14-12-37)19-25(15-21(2)3)10-9-23(6)35-31-18-28(33-20-34-31)26-16-30-29(17-27(26)32)36-24(7)39(30)22(4)5/h9-10,15-18,20,22H,8,11-14,19H2,1-7H3,(H,33,34,35)/b23-9+,25-10+. The first-order chi connectivity index (χ1) is 18.6. The van der Waals surface area contributed by atoms with Crippen LogP contribution in [-0.4, -0.2) is 68.6 Å². The lowest BCUT2D eigenvalue weighted by atomic mass is 10.1. The van der Waals surface area contributed by atoms with Crippen LogP contribution in [0.4, 0.5) is 5.82 Å². The average Bonchev–Trinajstić information content (AvgIpc) is 3.21. The molecule has 0 amide bonds. The van der Waals surface area contributed by atoms with Crippen molar-refractivity contribution in [3.05, 3.63) is 70.4 Å². The number of nitrogens with one attached hydrogen (secondary N) is 1. The summed E-state index contributed by atoms with van der Waals surface area (Å²) in [5.41, 5.74) is 7.20. The number of allylic oxidation sites excluding steroid dienone is 4. The molecule has 0 aliphatic carbocycles. The highest BCUT2D eigenvalue weighted by atomic mass is 35.5. The van der Waals surface area contributed by atoms with Gasteiger partial charge in [-0.05, 0) is 71.9 Å². The van der Waals surface area contributed by atoms with Gasteiger partial charge < -0.3 is 14.8 Å². The van der Waals surface area contributed by atoms with Crippen LogP contribution in [0.5, 0.6) is 0 Å². The van der Waals surface area contributed by atoms with Crippen molar-refractivity contribution in [2.45, 2.75) is 54.5 Å². The van der Waals surface area contributed by atoms with Crippen LogP contribution in [0.15, 0.2) is 59.6 Å². The van der Waals surface area contributed by atoms with Gasteiger partial charge in [0.2, 0.25) is 0 Å². The van der Waals surface area contributed by atoms with Crippen LogP contribution in [-0.2, 0) is 0 Å². The summed E-state index contributed by atoms with van der Waals surface area (Å²) in [5, 5.41) is 4.06. The molecule has 1 fully saturated rings. The lowest BCUT2D eigenvalue weighted by Gasteiger charge is -2.34. The van der Waals surface area contributed by atoms with Crippen LogP contribution in [0.25, 0.3) is 22.3 Å². The Labute approximate surface area is 238 Å². The summed E-state index contributed by atoms with van der Waals surface area (Å²) in [6, 6.07) is 6.25. The Morgan fingerprint density at radius 3 is 2.41 bits per heavy atom. The first kappa shape index (κ1) is 29.0. The number of aryl methyl sites for hydroxylation is 1. The summed E-state index contributed by atoms with van der Waals surface area (Å²) in [6.07, 6.45) is 8.20. The number of rotatable bonds is 9. The largest absolute Gasteiger partial charge is 0.344 e. The molecule has 3 aromatic rings. The van der Waals surface area contributed by atoms with E-state index in [1.54, 1.807) is 6.33 Å². The fourth-order valence-corrected chi connectivity index (χ4v) is 5.43. The van der Waals surface area contributed by atoms with Gasteiger partial charge in [-0.3, -0.25) is 4.90 Å². The predicted octanol–water partition coefficient (Wildman–Crippen LogP) is 6.88. The molecule has 3 heterocycles. The van der Waals surface area contributed by atoms with Crippen molar-refractivity contribution in [1.29, 1.82) is 0 Å². The number of likely N-dealkylation sites (N-methyl/N-ethyl adjacent to an activating group) is 1. The number of benzene rings is 1. The number of hydrogen-bond donors (Lipinski definition) is 1. The number of anilines is 1. The molecule has 2 aromatic heterocycles. The van der Waals surface area contributed by atoms with Crippen LogP contribution in [0.2, 0.25) is 5.02 Å². The van der Waals surface area contributed by atoms with Crippen LogP contribution < -0.4 is 5.32 Å². The lowest BCUT2D eigenvalue weighted by molar-refractivity contribution is 0.146. The summed E-state index contributed by atoms with van der Waals surface area (Å²) in [6.45, 7) is 21.5. The predicted molar refractivity (Wildman–Crippen MR) is 164 cm³/mol. The Bertz CT molecular complexity index is 1390. The third-order valence-corrected chi connectivity index (χ3v) is 7.39. The van der Waals surface area contributed by atoms with Crippen LogP contribution >= 0.6 is 11.6 Å². The number of hydrogen-bond acceptors (Lipinski definition) is 6. The maximum Gasteiger partial charge on any atom is 0.134 e. The Balaban J connectivity index is 1.53. The van der Waals surface area contributed by atoms with Crippen molar-refractivity contribution < 1.29 is 0 Å². The van der Waals surface area contributed by atoms with E-state index in [2.05, 4.69) is 95.5 Å². The van der Waals surface area contributed by atoms with Gasteiger partial charge in [-0.2, -0.15) is 0 Å². The van der Waals surface area contributed by atoms with Gasteiger partial charge >= 0.3 is 0 Å². The number of imidazole rings is 1. The minimum atomic E-state index is 0.296. The summed E-state index contributed by atoms with van der Waals surface area (Å²) in [5.74, 6) is 1.70. The minimum Gasteiger partial charge on any atom is -0.344 e. The number of aromatic nitrogens is 4. The fourth-order valence-electron chi connectivity index (χ4n) is 5.17. The average molecular weight is 548 g/mol. The highest BCUT2D eigenvalue weighted by Crippen LogP contribution is 2.33. The van der Waals surface area contributed by atoms with Gasteiger partial charge in [0.25, 0.3) is 0 Å². The van der Waals surface area contributed by atoms with E-state index < -0.39 is 0 Å². The molecule has 0 spiro atoms. The molecule has 0 unspecified atom stereocenters. The third kappa shape index (κ3) is 7.35. The van der Waals surface area contributed by atoms with E-state index in [0.717, 1.165) is 78.9 Å². The molecule has 1 aliphatic heterocycles. The van der Waals surface area contributed by atoms with Gasteiger partial charge in [-0.25, -0.2) is 15.0 Å². The molecule has 1 aromatic carbocycles. The molecule has 1 N–H and O–H groups in total. The number of nitrogens with zero attached hydrogens (tertiary/aromatic N) is 6. The molecule has 0 bridgehead atoms. The van der Waals surface area contributed by atoms with E-state index in [-0.39, 0.29) is 0 Å². The van der Waals surface area contributed by atoms with Crippen molar-refractivity contribution in [2.24, 2.45) is 0 Å². The Morgan fingerprint density at radius 1 is 1.03 bits per heavy atom. The zero-order valence-corrected chi connectivity index (χ0v) is 25.2. The number of fused-ring (bicyclic) bond motifs is 1. The molecule has 8 heteroatoms. The normalized spacial score (nSPS) is 15.8. The van der Waals surface area contributed by atoms with Gasteiger partial charge in [0.05, 0.1) is 21.7 Å². The van der Waals surface area contributed by atoms with Gasteiger partial charge in [-0.1, -0.05) is 36.2 Å². The lowest BCUT2D eigenvalue weighted by Crippen LogP contribution is -2.46. The second kappa shape index (κ2) is 12.9. The fraction of sp³-hybridized carbons (Fsp3) is 0.452. The van der Waals surface area contributed by atoms with E-state index in [1.807, 2.05) is 19.1 Å². The van der Waals surface area contributed by atoms with E-state index in [9.17, 15) is 0 Å². The van der Waals surface area contributed by atoms with Crippen molar-refractivity contribution in [2.75, 3.05) is 44.6 Å². The molecule has 39 heavy (non-hydrogen) atoms. The molecule has 1 saturated heterocycles. The van der Waals surface area contributed by atoms with E-state index >= 15 is 0 Å². The topological polar surface area (TPSA) is 62.1 Å². The molecular weight excluding hydrogens is 506 g/mol. The van der Waals surface area contributed by atoms with Gasteiger partial charge in [0.1, 0.15) is 18.0 Å². The monoisotopic (exact) mass is 547 g/mol. The number of piperazine rings is 1. The van der Waals surface area contributed by atoms with Crippen molar-refractivity contribution >= 4 is 28.5 Å². The minimum absolute atomic E-state index is 0.296. The summed E-state index contributed by atoms with van der Waals surface area (Å²) in [7, 11) is 0. The van der Waals surface area contributed by atoms with Crippen molar-refractivity contribution in [3.63, 3.8) is 0 Å². The second-order valence-electron chi connectivity index (χ2n) is 10.9. The SMILES string of the molecule is CCN1CCN(C/C(C=C(C)C)=C/C=C(\C)Nc2cc(-c3cc4c(cc3Cl)nc(C)n4C(C)C)ncn2)CC1. The highest BCUT2D eigenvalue weighted by Gasteiger charge is 2.17. The van der Waals surface area contributed by atoms with Crippen LogP contribution in [0, 0.1) is 6.92 Å². The smallest absolute Gasteiger partial charge is 0.134 e. The molecular formula is C31H42ClN7. The van der Waals surface area contributed by atoms with Crippen molar-refractivity contribution in [3.8, 4) is 11.3 Å². The molecule has 0 saturated carbocycles. The van der Waals surface area contributed by atoms with Crippen LogP contribution in [0.1, 0.15) is 53.4 Å². The maximum atomic E-state index is 6.70. The second-order valence-corrected chi connectivity index (χ2v) is 11.3. The molecule has 1 aliphatic rings. The number of halogens is 1. The van der Waals surface area contributed by atoms with Gasteiger partial charge in [0, 0.05) is 56.1 Å². The van der Waals surface area contributed by atoms with E-state index in [4.69, 9.17) is 16.6 Å². The summed E-state index contributed by atoms with van der Waals surface area (Å²) in [4.78, 5) is 18.7. The van der Waals surface area contributed by atoms with E-state index in [0.29, 0.717) is 11.1 Å². The Hall–Kier alpha value is -3.00. The zero-order valence-electron chi connectivity index (χ0n) is 24.4. The molecule has 208 valence electrons. The van der Waals surface area contributed by atoms with Gasteiger partial charge in [-0.15, -0.1) is 0 Å². The van der Waals surface area contributed by atoms with Crippen LogP contribution in [0.3, 0.4) is 0 Å². The molecule has 7 nitrogen and oxygen atoms in total. The Morgan fingerprint density at radius 2 is 1.74 bits per heavy atom. The molecule has 0 atom stereocenters. The van der Waals surface area contributed by atoms with Crippen molar-refractivity contribution in [1.82, 2.24) is 29.3 Å². The zero-order chi connectivity index (χ0) is 28.1. The third-order valence-electron chi connectivity index (χ3n) is 7.08. The summed E-state index contributed by atoms with van der Waals surface area (Å²) < 4.78 is 2.22. The first-order valence-electron chi connectivity index (χ1n) is 13.9.